The highest BCUT2D eigenvalue weighted by atomic mass is 32.2. The Bertz CT molecular complexity index is 1410. The number of aromatic nitrogens is 1. The highest BCUT2D eigenvalue weighted by Gasteiger charge is 2.16. The Labute approximate surface area is 192 Å². The quantitative estimate of drug-likeness (QED) is 0.459. The first kappa shape index (κ1) is 22.4. The number of nitrogens with zero attached hydrogens (tertiary/aromatic N) is 2. The molecule has 1 heterocycles. The molecule has 7 heteroatoms. The second-order valence-electron chi connectivity index (χ2n) is 7.43. The molecule has 1 amide bonds. The van der Waals surface area contributed by atoms with Gasteiger partial charge in [0.05, 0.1) is 4.90 Å². The third-order valence-corrected chi connectivity index (χ3v) is 6.43. The van der Waals surface area contributed by atoms with Gasteiger partial charge in [-0.25, -0.2) is 13.1 Å². The van der Waals surface area contributed by atoms with E-state index in [9.17, 15) is 13.2 Å². The number of benzene rings is 3. The summed E-state index contributed by atoms with van der Waals surface area (Å²) in [6, 6.07) is 30.5. The summed E-state index contributed by atoms with van der Waals surface area (Å²) in [5.74, 6) is -0.511. The number of carbonyl (C=O) groups is 1. The minimum atomic E-state index is -3.79. The standard InChI is InChI=1S/C26H23N3O3S/c30-26(28-25-16-7-8-17-29(25)20-22-12-5-2-6-13-22)23-14-9-15-24(18-23)33(31,32)27-19-21-10-3-1-4-11-21/h1-18,27H,19-20H2. The summed E-state index contributed by atoms with van der Waals surface area (Å²) in [6.07, 6.45) is 1.85. The zero-order valence-corrected chi connectivity index (χ0v) is 18.7. The van der Waals surface area contributed by atoms with Crippen LogP contribution >= 0.6 is 0 Å². The molecule has 0 fully saturated rings. The second kappa shape index (κ2) is 10.2. The largest absolute Gasteiger partial charge is 0.328 e. The first-order valence-electron chi connectivity index (χ1n) is 10.4. The van der Waals surface area contributed by atoms with Crippen molar-refractivity contribution in [2.45, 2.75) is 18.0 Å². The third kappa shape index (κ3) is 5.91. The zero-order valence-electron chi connectivity index (χ0n) is 17.8. The topological polar surface area (TPSA) is 80.5 Å². The van der Waals surface area contributed by atoms with Gasteiger partial charge in [-0.05, 0) is 41.5 Å². The van der Waals surface area contributed by atoms with Crippen molar-refractivity contribution >= 4 is 15.9 Å². The normalized spacial score (nSPS) is 11.9. The lowest BCUT2D eigenvalue weighted by molar-refractivity contribution is 0.0997. The number of amides is 1. The van der Waals surface area contributed by atoms with Crippen molar-refractivity contribution in [2.75, 3.05) is 0 Å². The Morgan fingerprint density at radius 1 is 0.788 bits per heavy atom. The summed E-state index contributed by atoms with van der Waals surface area (Å²) in [5.41, 5.74) is 2.61. The Morgan fingerprint density at radius 2 is 1.45 bits per heavy atom. The number of nitrogens with one attached hydrogen (secondary N) is 1. The smallest absolute Gasteiger partial charge is 0.278 e. The molecular formula is C26H23N3O3S. The van der Waals surface area contributed by atoms with Crippen LogP contribution in [0.2, 0.25) is 0 Å². The van der Waals surface area contributed by atoms with Crippen LogP contribution < -0.4 is 10.2 Å². The van der Waals surface area contributed by atoms with Gasteiger partial charge in [0.1, 0.15) is 5.49 Å². The van der Waals surface area contributed by atoms with Crippen molar-refractivity contribution in [3.63, 3.8) is 0 Å². The molecule has 0 atom stereocenters. The lowest BCUT2D eigenvalue weighted by atomic mass is 10.2. The van der Waals surface area contributed by atoms with E-state index in [1.165, 1.54) is 12.1 Å². The van der Waals surface area contributed by atoms with E-state index in [4.69, 9.17) is 0 Å². The molecule has 0 aliphatic carbocycles. The number of rotatable bonds is 7. The van der Waals surface area contributed by atoms with Gasteiger partial charge in [0.25, 0.3) is 5.91 Å². The van der Waals surface area contributed by atoms with Crippen LogP contribution in [-0.2, 0) is 23.1 Å². The Kier molecular flexibility index (Phi) is 6.92. The van der Waals surface area contributed by atoms with E-state index in [-0.39, 0.29) is 17.0 Å². The van der Waals surface area contributed by atoms with Gasteiger partial charge in [0, 0.05) is 24.8 Å². The Balaban J connectivity index is 1.57. The van der Waals surface area contributed by atoms with Gasteiger partial charge in [-0.15, -0.1) is 0 Å². The van der Waals surface area contributed by atoms with Crippen LogP contribution in [0.15, 0.2) is 119 Å². The predicted octanol–water partition coefficient (Wildman–Crippen LogP) is 3.76. The fourth-order valence-corrected chi connectivity index (χ4v) is 4.37. The maximum atomic E-state index is 12.9. The molecule has 0 radical (unpaired) electrons. The lowest BCUT2D eigenvalue weighted by Gasteiger charge is -2.08. The van der Waals surface area contributed by atoms with Crippen LogP contribution in [0.1, 0.15) is 21.5 Å². The van der Waals surface area contributed by atoms with Gasteiger partial charge in [0.15, 0.2) is 0 Å². The summed E-state index contributed by atoms with van der Waals surface area (Å²) in [4.78, 5) is 17.2. The maximum Gasteiger partial charge on any atom is 0.278 e. The summed E-state index contributed by atoms with van der Waals surface area (Å²) in [5, 5.41) is 0. The molecule has 0 aliphatic rings. The molecule has 6 nitrogen and oxygen atoms in total. The van der Waals surface area contributed by atoms with E-state index < -0.39 is 15.9 Å². The van der Waals surface area contributed by atoms with Crippen molar-refractivity contribution < 1.29 is 13.2 Å². The monoisotopic (exact) mass is 457 g/mol. The maximum absolute atomic E-state index is 12.9. The van der Waals surface area contributed by atoms with Crippen molar-refractivity contribution in [1.82, 2.24) is 9.29 Å². The molecule has 166 valence electrons. The van der Waals surface area contributed by atoms with Gasteiger partial charge >= 0.3 is 0 Å². The number of hydrogen-bond acceptors (Lipinski definition) is 3. The van der Waals surface area contributed by atoms with E-state index in [0.29, 0.717) is 12.0 Å². The molecule has 0 spiro atoms. The molecular weight excluding hydrogens is 434 g/mol. The van der Waals surface area contributed by atoms with Crippen molar-refractivity contribution in [2.24, 2.45) is 4.99 Å². The van der Waals surface area contributed by atoms with Crippen LogP contribution in [0.3, 0.4) is 0 Å². The Morgan fingerprint density at radius 3 is 2.18 bits per heavy atom. The van der Waals surface area contributed by atoms with Crippen LogP contribution in [0.4, 0.5) is 0 Å². The molecule has 33 heavy (non-hydrogen) atoms. The van der Waals surface area contributed by atoms with Crippen LogP contribution in [0.25, 0.3) is 0 Å². The van der Waals surface area contributed by atoms with Gasteiger partial charge in [-0.3, -0.25) is 4.79 Å². The van der Waals surface area contributed by atoms with Gasteiger partial charge in [-0.2, -0.15) is 4.99 Å². The van der Waals surface area contributed by atoms with E-state index in [1.807, 2.05) is 83.6 Å². The van der Waals surface area contributed by atoms with E-state index in [1.54, 1.807) is 18.2 Å². The SMILES string of the molecule is O=C(N=c1ccccn1Cc1ccccc1)c1cccc(S(=O)(=O)NCc2ccccc2)c1. The average molecular weight is 458 g/mol. The molecule has 0 aliphatic heterocycles. The second-order valence-corrected chi connectivity index (χ2v) is 9.19. The first-order chi connectivity index (χ1) is 16.0. The molecule has 4 rings (SSSR count). The fraction of sp³-hybridized carbons (Fsp3) is 0.0769. The number of hydrogen-bond donors (Lipinski definition) is 1. The zero-order chi connectivity index (χ0) is 23.1. The van der Waals surface area contributed by atoms with Crippen molar-refractivity contribution in [3.8, 4) is 0 Å². The molecule has 3 aromatic carbocycles. The van der Waals surface area contributed by atoms with E-state index >= 15 is 0 Å². The van der Waals surface area contributed by atoms with Crippen molar-refractivity contribution in [3.05, 3.63) is 132 Å². The minimum absolute atomic E-state index is 0.0182. The summed E-state index contributed by atoms with van der Waals surface area (Å²) in [6.45, 7) is 0.723. The number of pyridine rings is 1. The Hall–Kier alpha value is -3.81. The number of sulfonamides is 1. The summed E-state index contributed by atoms with van der Waals surface area (Å²) >= 11 is 0. The molecule has 0 saturated heterocycles. The van der Waals surface area contributed by atoms with Gasteiger partial charge < -0.3 is 4.57 Å². The number of carbonyl (C=O) groups excluding carboxylic acids is 1. The highest BCUT2D eigenvalue weighted by molar-refractivity contribution is 7.89. The molecule has 0 unspecified atom stereocenters. The van der Waals surface area contributed by atoms with Crippen LogP contribution in [-0.4, -0.2) is 18.9 Å². The van der Waals surface area contributed by atoms with Crippen LogP contribution in [0.5, 0.6) is 0 Å². The predicted molar refractivity (Wildman–Crippen MR) is 127 cm³/mol. The molecule has 0 bridgehead atoms. The van der Waals surface area contributed by atoms with Gasteiger partial charge in [-0.1, -0.05) is 72.8 Å². The van der Waals surface area contributed by atoms with Crippen LogP contribution in [0, 0.1) is 0 Å². The fourth-order valence-electron chi connectivity index (χ4n) is 3.31. The third-order valence-electron chi connectivity index (χ3n) is 5.03. The minimum Gasteiger partial charge on any atom is -0.328 e. The van der Waals surface area contributed by atoms with E-state index in [2.05, 4.69) is 9.71 Å². The van der Waals surface area contributed by atoms with Gasteiger partial charge in [0.2, 0.25) is 10.0 Å². The van der Waals surface area contributed by atoms with Crippen molar-refractivity contribution in [1.29, 1.82) is 0 Å². The molecule has 1 aromatic heterocycles. The molecule has 4 aromatic rings. The highest BCUT2D eigenvalue weighted by Crippen LogP contribution is 2.13. The average Bonchev–Trinajstić information content (AvgIpc) is 2.85. The summed E-state index contributed by atoms with van der Waals surface area (Å²) < 4.78 is 29.9. The molecule has 0 saturated carbocycles. The summed E-state index contributed by atoms with van der Waals surface area (Å²) in [7, 11) is -3.79. The van der Waals surface area contributed by atoms with E-state index in [0.717, 1.165) is 11.1 Å². The lowest BCUT2D eigenvalue weighted by Crippen LogP contribution is -2.24. The molecule has 1 N–H and O–H groups in total. The first-order valence-corrected chi connectivity index (χ1v) is 11.9.